The minimum Gasteiger partial charge on any atom is -0.370 e. The van der Waals surface area contributed by atoms with Gasteiger partial charge in [-0.15, -0.1) is 0 Å². The molecular formula is C11H19N3. The average Bonchev–Trinajstić information content (AvgIpc) is 2.26. The van der Waals surface area contributed by atoms with Crippen molar-refractivity contribution in [1.82, 2.24) is 4.98 Å². The van der Waals surface area contributed by atoms with Crippen LogP contribution in [0.25, 0.3) is 0 Å². The first-order valence-electron chi connectivity index (χ1n) is 5.22. The highest BCUT2D eigenvalue weighted by atomic mass is 15.1. The van der Waals surface area contributed by atoms with Crippen molar-refractivity contribution in [2.75, 3.05) is 18.0 Å². The monoisotopic (exact) mass is 193 g/mol. The molecule has 0 spiro atoms. The van der Waals surface area contributed by atoms with Gasteiger partial charge in [0.25, 0.3) is 0 Å². The quantitative estimate of drug-likeness (QED) is 0.775. The second-order valence-corrected chi connectivity index (χ2v) is 3.25. The largest absolute Gasteiger partial charge is 0.370 e. The molecule has 0 aliphatic heterocycles. The van der Waals surface area contributed by atoms with Crippen LogP contribution in [0.1, 0.15) is 26.0 Å². The number of pyridine rings is 1. The topological polar surface area (TPSA) is 42.2 Å². The summed E-state index contributed by atoms with van der Waals surface area (Å²) in [5.41, 5.74) is 7.82. The van der Waals surface area contributed by atoms with Gasteiger partial charge in [0, 0.05) is 25.8 Å². The molecule has 0 aromatic carbocycles. The fourth-order valence-corrected chi connectivity index (χ4v) is 1.59. The summed E-state index contributed by atoms with van der Waals surface area (Å²) in [6.45, 7) is 6.92. The van der Waals surface area contributed by atoms with E-state index in [4.69, 9.17) is 5.73 Å². The third-order valence-electron chi connectivity index (χ3n) is 2.28. The van der Waals surface area contributed by atoms with Crippen LogP contribution in [0.2, 0.25) is 0 Å². The minimum atomic E-state index is 0.510. The Morgan fingerprint density at radius 1 is 1.43 bits per heavy atom. The average molecular weight is 193 g/mol. The number of hydrogen-bond donors (Lipinski definition) is 1. The smallest absolute Gasteiger partial charge is 0.0772 e. The highest BCUT2D eigenvalue weighted by molar-refractivity contribution is 5.50. The van der Waals surface area contributed by atoms with Crippen LogP contribution >= 0.6 is 0 Å². The maximum absolute atomic E-state index is 5.65. The highest BCUT2D eigenvalue weighted by Gasteiger charge is 2.07. The van der Waals surface area contributed by atoms with Gasteiger partial charge in [0.2, 0.25) is 0 Å². The Labute approximate surface area is 85.9 Å². The van der Waals surface area contributed by atoms with Crippen molar-refractivity contribution in [3.8, 4) is 0 Å². The molecule has 0 bridgehead atoms. The van der Waals surface area contributed by atoms with E-state index in [1.165, 1.54) is 5.69 Å². The number of hydrogen-bond acceptors (Lipinski definition) is 3. The van der Waals surface area contributed by atoms with E-state index in [1.54, 1.807) is 6.20 Å². The predicted octanol–water partition coefficient (Wildman–Crippen LogP) is 1.78. The molecule has 0 unspecified atom stereocenters. The Bertz CT molecular complexity index is 273. The predicted molar refractivity (Wildman–Crippen MR) is 60.3 cm³/mol. The summed E-state index contributed by atoms with van der Waals surface area (Å²) in [6, 6.07) is 4.06. The maximum atomic E-state index is 5.65. The number of aromatic nitrogens is 1. The normalized spacial score (nSPS) is 10.2. The van der Waals surface area contributed by atoms with Gasteiger partial charge in [-0.25, -0.2) is 0 Å². The molecular weight excluding hydrogens is 174 g/mol. The van der Waals surface area contributed by atoms with E-state index in [9.17, 15) is 0 Å². The van der Waals surface area contributed by atoms with Crippen LogP contribution in [0.4, 0.5) is 5.69 Å². The van der Waals surface area contributed by atoms with Gasteiger partial charge in [0.1, 0.15) is 0 Å². The molecule has 1 aromatic rings. The lowest BCUT2D eigenvalue weighted by Crippen LogP contribution is -2.25. The fraction of sp³-hybridized carbons (Fsp3) is 0.545. The maximum Gasteiger partial charge on any atom is 0.0772 e. The molecule has 2 N–H and O–H groups in total. The summed E-state index contributed by atoms with van der Waals surface area (Å²) in [5, 5.41) is 0. The van der Waals surface area contributed by atoms with E-state index in [-0.39, 0.29) is 0 Å². The summed E-state index contributed by atoms with van der Waals surface area (Å²) in [6.07, 6.45) is 2.94. The van der Waals surface area contributed by atoms with Gasteiger partial charge in [-0.2, -0.15) is 0 Å². The fourth-order valence-electron chi connectivity index (χ4n) is 1.59. The van der Waals surface area contributed by atoms with Crippen molar-refractivity contribution in [3.63, 3.8) is 0 Å². The molecule has 3 heteroatoms. The third kappa shape index (κ3) is 2.45. The van der Waals surface area contributed by atoms with Gasteiger partial charge < -0.3 is 10.6 Å². The molecule has 0 saturated heterocycles. The lowest BCUT2D eigenvalue weighted by Gasteiger charge is -2.24. The Kier molecular flexibility index (Phi) is 4.40. The number of anilines is 1. The Balaban J connectivity index is 2.90. The van der Waals surface area contributed by atoms with E-state index in [0.29, 0.717) is 6.54 Å². The van der Waals surface area contributed by atoms with Crippen LogP contribution in [0, 0.1) is 0 Å². The molecule has 3 nitrogen and oxygen atoms in total. The second-order valence-electron chi connectivity index (χ2n) is 3.25. The second kappa shape index (κ2) is 5.60. The van der Waals surface area contributed by atoms with Gasteiger partial charge in [-0.3, -0.25) is 4.98 Å². The van der Waals surface area contributed by atoms with Gasteiger partial charge in [-0.1, -0.05) is 6.92 Å². The molecule has 1 heterocycles. The zero-order chi connectivity index (χ0) is 10.4. The first kappa shape index (κ1) is 11.0. The van der Waals surface area contributed by atoms with Crippen LogP contribution in [0.5, 0.6) is 0 Å². The SMILES string of the molecule is CCCN(CC)c1cccnc1CN. The van der Waals surface area contributed by atoms with Crippen LogP contribution in [0.3, 0.4) is 0 Å². The van der Waals surface area contributed by atoms with Crippen molar-refractivity contribution in [2.24, 2.45) is 5.73 Å². The Hall–Kier alpha value is -1.09. The number of nitrogens with zero attached hydrogens (tertiary/aromatic N) is 2. The van der Waals surface area contributed by atoms with E-state index in [2.05, 4.69) is 29.8 Å². The molecule has 0 aliphatic carbocycles. The van der Waals surface area contributed by atoms with E-state index in [1.807, 2.05) is 6.07 Å². The minimum absolute atomic E-state index is 0.510. The van der Waals surface area contributed by atoms with Crippen molar-refractivity contribution in [2.45, 2.75) is 26.8 Å². The van der Waals surface area contributed by atoms with Gasteiger partial charge in [0.05, 0.1) is 11.4 Å². The van der Waals surface area contributed by atoms with Gasteiger partial charge in [0.15, 0.2) is 0 Å². The number of nitrogens with two attached hydrogens (primary N) is 1. The molecule has 0 amide bonds. The van der Waals surface area contributed by atoms with Crippen molar-refractivity contribution < 1.29 is 0 Å². The molecule has 0 radical (unpaired) electrons. The van der Waals surface area contributed by atoms with E-state index in [0.717, 1.165) is 25.2 Å². The summed E-state index contributed by atoms with van der Waals surface area (Å²) >= 11 is 0. The summed E-state index contributed by atoms with van der Waals surface area (Å²) in [7, 11) is 0. The van der Waals surface area contributed by atoms with Crippen molar-refractivity contribution >= 4 is 5.69 Å². The highest BCUT2D eigenvalue weighted by Crippen LogP contribution is 2.17. The number of rotatable bonds is 5. The van der Waals surface area contributed by atoms with Crippen LogP contribution in [0.15, 0.2) is 18.3 Å². The summed E-state index contributed by atoms with van der Waals surface area (Å²) < 4.78 is 0. The first-order valence-corrected chi connectivity index (χ1v) is 5.22. The molecule has 0 saturated carbocycles. The van der Waals surface area contributed by atoms with Crippen LogP contribution < -0.4 is 10.6 Å². The lowest BCUT2D eigenvalue weighted by molar-refractivity contribution is 0.779. The molecule has 14 heavy (non-hydrogen) atoms. The lowest BCUT2D eigenvalue weighted by atomic mass is 10.2. The molecule has 1 aromatic heterocycles. The third-order valence-corrected chi connectivity index (χ3v) is 2.28. The Morgan fingerprint density at radius 3 is 2.79 bits per heavy atom. The van der Waals surface area contributed by atoms with E-state index >= 15 is 0 Å². The Morgan fingerprint density at radius 2 is 2.21 bits per heavy atom. The molecule has 0 fully saturated rings. The molecule has 1 rings (SSSR count). The molecule has 0 aliphatic rings. The van der Waals surface area contributed by atoms with Crippen LogP contribution in [-0.2, 0) is 6.54 Å². The standard InChI is InChI=1S/C11H19N3/c1-3-8-14(4-2)11-6-5-7-13-10(11)9-12/h5-7H,3-4,8-9,12H2,1-2H3. The van der Waals surface area contributed by atoms with Crippen molar-refractivity contribution in [3.05, 3.63) is 24.0 Å². The summed E-state index contributed by atoms with van der Waals surface area (Å²) in [4.78, 5) is 6.60. The summed E-state index contributed by atoms with van der Waals surface area (Å²) in [5.74, 6) is 0. The first-order chi connectivity index (χ1) is 6.83. The zero-order valence-electron chi connectivity index (χ0n) is 9.03. The van der Waals surface area contributed by atoms with E-state index < -0.39 is 0 Å². The molecule has 0 atom stereocenters. The molecule has 78 valence electrons. The van der Waals surface area contributed by atoms with Crippen LogP contribution in [-0.4, -0.2) is 18.1 Å². The van der Waals surface area contributed by atoms with Gasteiger partial charge in [-0.05, 0) is 25.5 Å². The zero-order valence-corrected chi connectivity index (χ0v) is 9.03. The van der Waals surface area contributed by atoms with Crippen molar-refractivity contribution in [1.29, 1.82) is 0 Å². The van der Waals surface area contributed by atoms with Gasteiger partial charge >= 0.3 is 0 Å².